The van der Waals surface area contributed by atoms with Crippen LogP contribution in [0.3, 0.4) is 0 Å². The number of rotatable bonds is 3. The lowest BCUT2D eigenvalue weighted by molar-refractivity contribution is -0.137. The van der Waals surface area contributed by atoms with E-state index in [4.69, 9.17) is 10.5 Å². The lowest BCUT2D eigenvalue weighted by Crippen LogP contribution is -2.05. The Balaban J connectivity index is 0.00000220. The third-order valence-corrected chi connectivity index (χ3v) is 3.03. The van der Waals surface area contributed by atoms with Gasteiger partial charge >= 0.3 is 6.18 Å². The SMILES string of the molecule is COc1ccc(C(F)(F)F)cc1-c1ccc(CN)cc1.Cl. The molecule has 0 heterocycles. The van der Waals surface area contributed by atoms with E-state index < -0.39 is 11.7 Å². The van der Waals surface area contributed by atoms with Gasteiger partial charge in [-0.25, -0.2) is 0 Å². The molecule has 0 saturated heterocycles. The van der Waals surface area contributed by atoms with Crippen molar-refractivity contribution < 1.29 is 17.9 Å². The Bertz CT molecular complexity index is 597. The van der Waals surface area contributed by atoms with E-state index in [0.717, 1.165) is 17.7 Å². The largest absolute Gasteiger partial charge is 0.496 e. The smallest absolute Gasteiger partial charge is 0.416 e. The zero-order valence-corrected chi connectivity index (χ0v) is 12.1. The van der Waals surface area contributed by atoms with Crippen molar-refractivity contribution in [3.63, 3.8) is 0 Å². The summed E-state index contributed by atoms with van der Waals surface area (Å²) in [6.07, 6.45) is -4.38. The van der Waals surface area contributed by atoms with E-state index in [-0.39, 0.29) is 12.4 Å². The quantitative estimate of drug-likeness (QED) is 0.918. The minimum absolute atomic E-state index is 0. The van der Waals surface area contributed by atoms with Gasteiger partial charge in [-0.1, -0.05) is 24.3 Å². The van der Waals surface area contributed by atoms with Crippen molar-refractivity contribution in [1.29, 1.82) is 0 Å². The van der Waals surface area contributed by atoms with Gasteiger partial charge < -0.3 is 10.5 Å². The highest BCUT2D eigenvalue weighted by Crippen LogP contribution is 2.37. The second kappa shape index (κ2) is 6.83. The molecule has 0 spiro atoms. The zero-order valence-electron chi connectivity index (χ0n) is 11.3. The van der Waals surface area contributed by atoms with Gasteiger partial charge in [0.05, 0.1) is 12.7 Å². The van der Waals surface area contributed by atoms with Crippen molar-refractivity contribution in [3.8, 4) is 16.9 Å². The van der Waals surface area contributed by atoms with Crippen LogP contribution in [0.2, 0.25) is 0 Å². The van der Waals surface area contributed by atoms with Crippen LogP contribution in [0.25, 0.3) is 11.1 Å². The molecule has 0 atom stereocenters. The van der Waals surface area contributed by atoms with Gasteiger partial charge in [0.25, 0.3) is 0 Å². The van der Waals surface area contributed by atoms with E-state index in [1.165, 1.54) is 13.2 Å². The van der Waals surface area contributed by atoms with Crippen molar-refractivity contribution in [1.82, 2.24) is 0 Å². The summed E-state index contributed by atoms with van der Waals surface area (Å²) in [4.78, 5) is 0. The molecule has 0 bridgehead atoms. The van der Waals surface area contributed by atoms with E-state index in [1.54, 1.807) is 24.3 Å². The van der Waals surface area contributed by atoms with Crippen LogP contribution < -0.4 is 10.5 Å². The number of nitrogens with two attached hydrogens (primary N) is 1. The predicted molar refractivity (Wildman–Crippen MR) is 78.6 cm³/mol. The molecule has 2 N–H and O–H groups in total. The van der Waals surface area contributed by atoms with Gasteiger partial charge in [0.15, 0.2) is 0 Å². The summed E-state index contributed by atoms with van der Waals surface area (Å²) in [6.45, 7) is 0.389. The van der Waals surface area contributed by atoms with Crippen LogP contribution in [-0.2, 0) is 12.7 Å². The molecule has 0 aromatic heterocycles. The molecule has 114 valence electrons. The van der Waals surface area contributed by atoms with Crippen molar-refractivity contribution >= 4 is 12.4 Å². The molecule has 0 aliphatic rings. The van der Waals surface area contributed by atoms with Gasteiger partial charge in [0.1, 0.15) is 5.75 Å². The van der Waals surface area contributed by atoms with Gasteiger partial charge in [-0.05, 0) is 29.3 Å². The summed E-state index contributed by atoms with van der Waals surface area (Å²) in [5.74, 6) is 0.401. The van der Waals surface area contributed by atoms with Crippen LogP contribution >= 0.6 is 12.4 Å². The fourth-order valence-corrected chi connectivity index (χ4v) is 1.93. The van der Waals surface area contributed by atoms with Crippen molar-refractivity contribution in [2.45, 2.75) is 12.7 Å². The Morgan fingerprint density at radius 1 is 1.05 bits per heavy atom. The molecule has 0 amide bonds. The van der Waals surface area contributed by atoms with E-state index in [2.05, 4.69) is 0 Å². The number of methoxy groups -OCH3 is 1. The second-order valence-corrected chi connectivity index (χ2v) is 4.31. The number of halogens is 4. The minimum atomic E-state index is -4.38. The molecule has 0 saturated carbocycles. The first-order valence-electron chi connectivity index (χ1n) is 6.00. The van der Waals surface area contributed by atoms with Crippen LogP contribution in [0.1, 0.15) is 11.1 Å². The van der Waals surface area contributed by atoms with E-state index in [9.17, 15) is 13.2 Å². The first kappa shape index (κ1) is 17.3. The number of hydrogen-bond donors (Lipinski definition) is 1. The average Bonchev–Trinajstić information content (AvgIpc) is 2.45. The Hall–Kier alpha value is -1.72. The molecule has 0 unspecified atom stereocenters. The molecule has 2 aromatic carbocycles. The number of alkyl halides is 3. The molecule has 0 aliphatic carbocycles. The maximum absolute atomic E-state index is 12.8. The topological polar surface area (TPSA) is 35.2 Å². The Morgan fingerprint density at radius 3 is 2.14 bits per heavy atom. The number of ether oxygens (including phenoxy) is 1. The summed E-state index contributed by atoms with van der Waals surface area (Å²) in [5, 5.41) is 0. The number of benzene rings is 2. The van der Waals surface area contributed by atoms with E-state index in [0.29, 0.717) is 23.4 Å². The fourth-order valence-electron chi connectivity index (χ4n) is 1.93. The minimum Gasteiger partial charge on any atom is -0.496 e. The molecule has 21 heavy (non-hydrogen) atoms. The van der Waals surface area contributed by atoms with Crippen molar-refractivity contribution in [2.75, 3.05) is 7.11 Å². The predicted octanol–water partition coefficient (Wildman–Crippen LogP) is 4.26. The molecule has 0 aliphatic heterocycles. The molecule has 6 heteroatoms. The Kier molecular flexibility index (Phi) is 5.63. The Labute approximate surface area is 127 Å². The third-order valence-electron chi connectivity index (χ3n) is 3.03. The molecule has 2 nitrogen and oxygen atoms in total. The lowest BCUT2D eigenvalue weighted by Gasteiger charge is -2.13. The zero-order chi connectivity index (χ0) is 14.8. The highest BCUT2D eigenvalue weighted by Gasteiger charge is 2.31. The first-order valence-corrected chi connectivity index (χ1v) is 6.00. The van der Waals surface area contributed by atoms with Crippen LogP contribution in [0.15, 0.2) is 42.5 Å². The molecule has 0 fully saturated rings. The second-order valence-electron chi connectivity index (χ2n) is 4.31. The third kappa shape index (κ3) is 3.89. The monoisotopic (exact) mass is 317 g/mol. The summed E-state index contributed by atoms with van der Waals surface area (Å²) >= 11 is 0. The fraction of sp³-hybridized carbons (Fsp3) is 0.200. The van der Waals surface area contributed by atoms with Gasteiger partial charge in [-0.2, -0.15) is 13.2 Å². The molecule has 0 radical (unpaired) electrons. The Morgan fingerprint density at radius 2 is 1.67 bits per heavy atom. The van der Waals surface area contributed by atoms with Crippen LogP contribution in [-0.4, -0.2) is 7.11 Å². The van der Waals surface area contributed by atoms with Gasteiger partial charge in [-0.3, -0.25) is 0 Å². The summed E-state index contributed by atoms with van der Waals surface area (Å²) in [5.41, 5.74) is 6.79. The molecular weight excluding hydrogens is 303 g/mol. The first-order chi connectivity index (χ1) is 9.45. The maximum atomic E-state index is 12.8. The maximum Gasteiger partial charge on any atom is 0.416 e. The lowest BCUT2D eigenvalue weighted by atomic mass is 10.0. The molecule has 2 rings (SSSR count). The van der Waals surface area contributed by atoms with Gasteiger partial charge in [0, 0.05) is 12.1 Å². The average molecular weight is 318 g/mol. The van der Waals surface area contributed by atoms with Crippen LogP contribution in [0, 0.1) is 0 Å². The molecule has 2 aromatic rings. The van der Waals surface area contributed by atoms with Gasteiger partial charge in [0.2, 0.25) is 0 Å². The van der Waals surface area contributed by atoms with E-state index in [1.807, 2.05) is 0 Å². The summed E-state index contributed by atoms with van der Waals surface area (Å²) in [7, 11) is 1.43. The number of hydrogen-bond acceptors (Lipinski definition) is 2. The van der Waals surface area contributed by atoms with Gasteiger partial charge in [-0.15, -0.1) is 12.4 Å². The van der Waals surface area contributed by atoms with Crippen LogP contribution in [0.4, 0.5) is 13.2 Å². The van der Waals surface area contributed by atoms with Crippen molar-refractivity contribution in [2.24, 2.45) is 5.73 Å². The summed E-state index contributed by atoms with van der Waals surface area (Å²) < 4.78 is 43.5. The molecular formula is C15H15ClF3NO. The highest BCUT2D eigenvalue weighted by molar-refractivity contribution is 5.85. The summed E-state index contributed by atoms with van der Waals surface area (Å²) in [6, 6.07) is 10.5. The standard InChI is InChI=1S/C15H14F3NO.ClH/c1-20-14-7-6-12(15(16,17)18)8-13(14)11-4-2-10(9-19)3-5-11;/h2-8H,9,19H2,1H3;1H. The highest BCUT2D eigenvalue weighted by atomic mass is 35.5. The van der Waals surface area contributed by atoms with Crippen LogP contribution in [0.5, 0.6) is 5.75 Å². The van der Waals surface area contributed by atoms with Crippen molar-refractivity contribution in [3.05, 3.63) is 53.6 Å². The van der Waals surface area contributed by atoms with E-state index >= 15 is 0 Å². The normalized spacial score (nSPS) is 10.9.